The van der Waals surface area contributed by atoms with Crippen LogP contribution in [-0.4, -0.2) is 11.2 Å². The van der Waals surface area contributed by atoms with E-state index in [0.29, 0.717) is 5.92 Å². The van der Waals surface area contributed by atoms with Crippen molar-refractivity contribution in [1.29, 1.82) is 0 Å². The third-order valence-corrected chi connectivity index (χ3v) is 4.98. The minimum Gasteiger partial charge on any atom is -0.474 e. The Labute approximate surface area is 110 Å². The van der Waals surface area contributed by atoms with Crippen molar-refractivity contribution < 1.29 is 9.47 Å². The van der Waals surface area contributed by atoms with Crippen molar-refractivity contribution in [2.45, 2.75) is 11.2 Å². The van der Waals surface area contributed by atoms with Crippen LogP contribution in [0.15, 0.2) is 82.9 Å². The van der Waals surface area contributed by atoms with Gasteiger partial charge in [0.1, 0.15) is 5.76 Å². The molecule has 19 heavy (non-hydrogen) atoms. The summed E-state index contributed by atoms with van der Waals surface area (Å²) in [6.07, 6.45) is 19.5. The highest BCUT2D eigenvalue weighted by atomic mass is 16.6. The highest BCUT2D eigenvalue weighted by Gasteiger charge is 2.67. The molecule has 0 N–H and O–H groups in total. The third kappa shape index (κ3) is 0.737. The normalized spacial score (nSPS) is 44.6. The van der Waals surface area contributed by atoms with Gasteiger partial charge in [0.25, 0.3) is 0 Å². The summed E-state index contributed by atoms with van der Waals surface area (Å²) < 4.78 is 11.8. The van der Waals surface area contributed by atoms with Gasteiger partial charge in [0.05, 0.1) is 5.92 Å². The van der Waals surface area contributed by atoms with Gasteiger partial charge in [-0.25, -0.2) is 0 Å². The van der Waals surface area contributed by atoms with Crippen molar-refractivity contribution in [3.05, 3.63) is 82.9 Å². The zero-order valence-electron chi connectivity index (χ0n) is 10.1. The highest BCUT2D eigenvalue weighted by Crippen LogP contribution is 2.65. The first-order valence-corrected chi connectivity index (χ1v) is 6.66. The van der Waals surface area contributed by atoms with Gasteiger partial charge >= 0.3 is 0 Å². The maximum atomic E-state index is 5.93. The second kappa shape index (κ2) is 2.29. The Hall–Kier alpha value is -2.22. The molecule has 6 aliphatic rings. The molecule has 0 saturated carbocycles. The lowest BCUT2D eigenvalue weighted by Gasteiger charge is -2.29. The summed E-state index contributed by atoms with van der Waals surface area (Å²) in [5.41, 5.74) is 3.42. The van der Waals surface area contributed by atoms with Crippen LogP contribution in [0.1, 0.15) is 0 Å². The summed E-state index contributed by atoms with van der Waals surface area (Å²) in [5, 5.41) is 0. The molecular formula is C17H10O2. The van der Waals surface area contributed by atoms with Crippen LogP contribution < -0.4 is 0 Å². The van der Waals surface area contributed by atoms with Gasteiger partial charge < -0.3 is 9.47 Å². The average molecular weight is 246 g/mol. The standard InChI is InChI=1S/C17H10O2/c1-2-8-16-12(3-1)11-6-4-10-5-7-14-17(10,19-14)13(11)9-15(16)18-16/h1-9,12H/t12-,16-,17-/m1/s1. The molecule has 0 radical (unpaired) electrons. The van der Waals surface area contributed by atoms with Crippen LogP contribution in [-0.2, 0) is 9.47 Å². The fourth-order valence-electron chi connectivity index (χ4n) is 3.94. The first kappa shape index (κ1) is 8.81. The van der Waals surface area contributed by atoms with E-state index in [0.717, 1.165) is 11.5 Å². The lowest BCUT2D eigenvalue weighted by molar-refractivity contribution is 0.319. The monoisotopic (exact) mass is 246 g/mol. The summed E-state index contributed by atoms with van der Waals surface area (Å²) in [4.78, 5) is 0. The van der Waals surface area contributed by atoms with E-state index in [4.69, 9.17) is 9.47 Å². The van der Waals surface area contributed by atoms with Crippen LogP contribution >= 0.6 is 0 Å². The van der Waals surface area contributed by atoms with Gasteiger partial charge in [-0.3, -0.25) is 0 Å². The molecule has 3 atom stereocenters. The molecule has 6 rings (SSSR count). The summed E-state index contributed by atoms with van der Waals surface area (Å²) >= 11 is 0. The molecule has 0 amide bonds. The Morgan fingerprint density at radius 1 is 1.00 bits per heavy atom. The van der Waals surface area contributed by atoms with Crippen molar-refractivity contribution >= 4 is 0 Å². The van der Waals surface area contributed by atoms with Gasteiger partial charge in [0.2, 0.25) is 5.60 Å². The van der Waals surface area contributed by atoms with Gasteiger partial charge in [-0.1, -0.05) is 36.5 Å². The average Bonchev–Trinajstić information content (AvgIpc) is 3.30. The van der Waals surface area contributed by atoms with Gasteiger partial charge in [-0.05, 0) is 23.8 Å². The SMILES string of the molecule is C1=C[C@@H]2C3=C(C=C4O[C@@]42C=C1)[C@@]12OC1=CC=C2C=C3. The van der Waals surface area contributed by atoms with Crippen molar-refractivity contribution in [2.24, 2.45) is 5.92 Å². The number of epoxide rings is 2. The Morgan fingerprint density at radius 2 is 2.00 bits per heavy atom. The first-order valence-electron chi connectivity index (χ1n) is 6.66. The van der Waals surface area contributed by atoms with Crippen LogP contribution in [0, 0.1) is 5.92 Å². The third-order valence-electron chi connectivity index (χ3n) is 4.98. The summed E-state index contributed by atoms with van der Waals surface area (Å²) in [6, 6.07) is 0. The van der Waals surface area contributed by atoms with Gasteiger partial charge in [-0.15, -0.1) is 0 Å². The predicted molar refractivity (Wildman–Crippen MR) is 69.8 cm³/mol. The van der Waals surface area contributed by atoms with E-state index in [1.54, 1.807) is 0 Å². The zero-order chi connectivity index (χ0) is 12.2. The van der Waals surface area contributed by atoms with Crippen LogP contribution in [0.3, 0.4) is 0 Å². The molecule has 2 saturated heterocycles. The lowest BCUT2D eigenvalue weighted by Crippen LogP contribution is -2.31. The van der Waals surface area contributed by atoms with E-state index < -0.39 is 0 Å². The van der Waals surface area contributed by atoms with Crippen molar-refractivity contribution in [3.8, 4) is 0 Å². The topological polar surface area (TPSA) is 25.1 Å². The van der Waals surface area contributed by atoms with Crippen molar-refractivity contribution in [1.82, 2.24) is 0 Å². The van der Waals surface area contributed by atoms with Crippen molar-refractivity contribution in [3.63, 3.8) is 0 Å². The van der Waals surface area contributed by atoms with Gasteiger partial charge in [0.15, 0.2) is 11.4 Å². The van der Waals surface area contributed by atoms with E-state index in [1.807, 2.05) is 0 Å². The molecule has 0 aromatic heterocycles. The first-order chi connectivity index (χ1) is 9.34. The maximum absolute atomic E-state index is 5.93. The quantitative estimate of drug-likeness (QED) is 0.614. The Bertz CT molecular complexity index is 784. The number of hydrogen-bond acceptors (Lipinski definition) is 2. The van der Waals surface area contributed by atoms with E-state index >= 15 is 0 Å². The molecule has 2 heterocycles. The number of rotatable bonds is 0. The summed E-state index contributed by atoms with van der Waals surface area (Å²) in [7, 11) is 0. The molecule has 2 fully saturated rings. The van der Waals surface area contributed by atoms with Gasteiger partial charge in [0, 0.05) is 11.1 Å². The van der Waals surface area contributed by atoms with Crippen LogP contribution in [0.2, 0.25) is 0 Å². The second-order valence-electron chi connectivity index (χ2n) is 5.76. The fraction of sp³-hybridized carbons (Fsp3) is 0.176. The number of fused-ring (bicyclic) bond motifs is 1. The number of allylic oxidation sites excluding steroid dienone is 5. The lowest BCUT2D eigenvalue weighted by atomic mass is 9.70. The van der Waals surface area contributed by atoms with Crippen LogP contribution in [0.25, 0.3) is 0 Å². The molecular weight excluding hydrogens is 236 g/mol. The molecule has 0 bridgehead atoms. The van der Waals surface area contributed by atoms with Crippen LogP contribution in [0.4, 0.5) is 0 Å². The number of hydrogen-bond donors (Lipinski definition) is 0. The smallest absolute Gasteiger partial charge is 0.216 e. The molecule has 2 spiro atoms. The molecule has 2 nitrogen and oxygen atoms in total. The maximum Gasteiger partial charge on any atom is 0.216 e. The van der Waals surface area contributed by atoms with Crippen molar-refractivity contribution in [2.75, 3.05) is 0 Å². The minimum absolute atomic E-state index is 0.187. The molecule has 90 valence electrons. The van der Waals surface area contributed by atoms with E-state index in [1.165, 1.54) is 16.7 Å². The summed E-state index contributed by atoms with van der Waals surface area (Å²) in [6.45, 7) is 0. The largest absolute Gasteiger partial charge is 0.474 e. The highest BCUT2D eigenvalue weighted by molar-refractivity contribution is 5.73. The predicted octanol–water partition coefficient (Wildman–Crippen LogP) is 2.85. The van der Waals surface area contributed by atoms with E-state index in [-0.39, 0.29) is 11.2 Å². The molecule has 2 heteroatoms. The van der Waals surface area contributed by atoms with E-state index in [9.17, 15) is 0 Å². The Balaban J connectivity index is 1.64. The molecule has 0 aromatic carbocycles. The minimum atomic E-state index is -0.260. The molecule has 4 aliphatic carbocycles. The zero-order valence-corrected chi connectivity index (χ0v) is 10.1. The number of ether oxygens (including phenoxy) is 2. The molecule has 2 aliphatic heterocycles. The van der Waals surface area contributed by atoms with Gasteiger partial charge in [-0.2, -0.15) is 0 Å². The molecule has 0 unspecified atom stereocenters. The fourth-order valence-corrected chi connectivity index (χ4v) is 3.94. The van der Waals surface area contributed by atoms with Crippen LogP contribution in [0.5, 0.6) is 0 Å². The molecule has 0 aromatic rings. The van der Waals surface area contributed by atoms with E-state index in [2.05, 4.69) is 54.7 Å². The second-order valence-corrected chi connectivity index (χ2v) is 5.76. The summed E-state index contributed by atoms with van der Waals surface area (Å²) in [5.74, 6) is 2.47. The Morgan fingerprint density at radius 3 is 2.95 bits per heavy atom. The Kier molecular flexibility index (Phi) is 1.06.